The van der Waals surface area contributed by atoms with Crippen LogP contribution in [0.4, 0.5) is 10.8 Å². The van der Waals surface area contributed by atoms with Gasteiger partial charge in [0.1, 0.15) is 11.4 Å². The molecule has 1 N–H and O–H groups in total. The number of hydrogen-bond donors (Lipinski definition) is 1. The lowest BCUT2D eigenvalue weighted by molar-refractivity contribution is -0.136. The molecule has 1 aromatic carbocycles. The number of thiazole rings is 1. The molecule has 0 radical (unpaired) electrons. The van der Waals surface area contributed by atoms with Gasteiger partial charge in [0.25, 0.3) is 5.91 Å². The SMILES string of the molecule is COc1cccc(N2C[C@@H](C(=O)N3CCc4nc(NC(=O)c5cnccn5)sc4C3)CC2=O)c1. The zero-order valence-electron chi connectivity index (χ0n) is 18.4. The molecule has 174 valence electrons. The second kappa shape index (κ2) is 9.18. The van der Waals surface area contributed by atoms with E-state index >= 15 is 0 Å². The maximum absolute atomic E-state index is 13.2. The smallest absolute Gasteiger partial charge is 0.277 e. The number of aromatic nitrogens is 3. The average Bonchev–Trinajstić information content (AvgIpc) is 3.46. The summed E-state index contributed by atoms with van der Waals surface area (Å²) in [6, 6.07) is 7.28. The minimum atomic E-state index is -0.399. The molecule has 2 aliphatic rings. The monoisotopic (exact) mass is 478 g/mol. The van der Waals surface area contributed by atoms with Crippen LogP contribution in [0.5, 0.6) is 5.75 Å². The Hall–Kier alpha value is -3.86. The highest BCUT2D eigenvalue weighted by Gasteiger charge is 2.38. The Balaban J connectivity index is 1.24. The topological polar surface area (TPSA) is 118 Å². The minimum Gasteiger partial charge on any atom is -0.497 e. The molecule has 0 spiro atoms. The van der Waals surface area contributed by atoms with Gasteiger partial charge in [-0.05, 0) is 12.1 Å². The molecular weight excluding hydrogens is 456 g/mol. The van der Waals surface area contributed by atoms with Gasteiger partial charge in [-0.25, -0.2) is 9.97 Å². The van der Waals surface area contributed by atoms with Crippen molar-refractivity contribution < 1.29 is 19.1 Å². The van der Waals surface area contributed by atoms with Gasteiger partial charge in [-0.1, -0.05) is 17.4 Å². The van der Waals surface area contributed by atoms with E-state index in [1.54, 1.807) is 23.0 Å². The van der Waals surface area contributed by atoms with Crippen LogP contribution >= 0.6 is 11.3 Å². The molecule has 34 heavy (non-hydrogen) atoms. The van der Waals surface area contributed by atoms with E-state index in [1.807, 2.05) is 18.2 Å². The van der Waals surface area contributed by atoms with Crippen molar-refractivity contribution in [3.05, 3.63) is 59.1 Å². The van der Waals surface area contributed by atoms with E-state index in [2.05, 4.69) is 20.3 Å². The lowest BCUT2D eigenvalue weighted by atomic mass is 10.1. The van der Waals surface area contributed by atoms with Crippen LogP contribution < -0.4 is 15.0 Å². The number of rotatable bonds is 5. The Morgan fingerprint density at radius 1 is 1.26 bits per heavy atom. The van der Waals surface area contributed by atoms with E-state index in [0.29, 0.717) is 36.9 Å². The summed E-state index contributed by atoms with van der Waals surface area (Å²) in [6.45, 7) is 1.28. The predicted molar refractivity (Wildman–Crippen MR) is 125 cm³/mol. The molecule has 0 aliphatic carbocycles. The molecule has 5 rings (SSSR count). The summed E-state index contributed by atoms with van der Waals surface area (Å²) in [6.07, 6.45) is 5.12. The van der Waals surface area contributed by atoms with Gasteiger partial charge in [-0.2, -0.15) is 0 Å². The van der Waals surface area contributed by atoms with E-state index in [0.717, 1.165) is 16.3 Å². The maximum Gasteiger partial charge on any atom is 0.277 e. The Morgan fingerprint density at radius 2 is 2.15 bits per heavy atom. The first kappa shape index (κ1) is 22.0. The van der Waals surface area contributed by atoms with Crippen molar-refractivity contribution in [3.63, 3.8) is 0 Å². The lowest BCUT2D eigenvalue weighted by Crippen LogP contribution is -2.40. The third-order valence-electron chi connectivity index (χ3n) is 5.90. The number of hydrogen-bond acceptors (Lipinski definition) is 8. The Morgan fingerprint density at radius 3 is 2.94 bits per heavy atom. The molecule has 11 heteroatoms. The molecule has 4 heterocycles. The second-order valence-corrected chi connectivity index (χ2v) is 9.13. The van der Waals surface area contributed by atoms with Crippen molar-refractivity contribution in [3.8, 4) is 5.75 Å². The first-order valence-corrected chi connectivity index (χ1v) is 11.6. The quantitative estimate of drug-likeness (QED) is 0.597. The number of carbonyl (C=O) groups is 3. The number of nitrogens with one attached hydrogen (secondary N) is 1. The van der Waals surface area contributed by atoms with E-state index in [1.165, 1.54) is 29.9 Å². The van der Waals surface area contributed by atoms with Crippen molar-refractivity contribution >= 4 is 39.9 Å². The van der Waals surface area contributed by atoms with E-state index < -0.39 is 5.92 Å². The summed E-state index contributed by atoms with van der Waals surface area (Å²) in [4.78, 5) is 55.0. The molecule has 2 aromatic heterocycles. The Bertz CT molecular complexity index is 1250. The largest absolute Gasteiger partial charge is 0.497 e. The van der Waals surface area contributed by atoms with Crippen molar-refractivity contribution in [2.75, 3.05) is 30.4 Å². The fourth-order valence-electron chi connectivity index (χ4n) is 4.17. The number of carbonyl (C=O) groups excluding carboxylic acids is 3. The van der Waals surface area contributed by atoms with Crippen molar-refractivity contribution in [1.82, 2.24) is 19.9 Å². The van der Waals surface area contributed by atoms with E-state index in [4.69, 9.17) is 4.74 Å². The summed E-state index contributed by atoms with van der Waals surface area (Å²) in [5.74, 6) is -0.228. The zero-order valence-corrected chi connectivity index (χ0v) is 19.2. The van der Waals surface area contributed by atoms with Gasteiger partial charge in [0, 0.05) is 55.0 Å². The van der Waals surface area contributed by atoms with Gasteiger partial charge in [-0.15, -0.1) is 0 Å². The number of ether oxygens (including phenoxy) is 1. The Kier molecular flexibility index (Phi) is 5.93. The van der Waals surface area contributed by atoms with Gasteiger partial charge in [0.05, 0.1) is 31.5 Å². The van der Waals surface area contributed by atoms with Crippen LogP contribution in [0.3, 0.4) is 0 Å². The lowest BCUT2D eigenvalue weighted by Gasteiger charge is -2.28. The molecule has 0 unspecified atom stereocenters. The maximum atomic E-state index is 13.2. The number of amides is 3. The van der Waals surface area contributed by atoms with Crippen LogP contribution in [0.25, 0.3) is 0 Å². The number of anilines is 2. The van der Waals surface area contributed by atoms with Crippen LogP contribution in [0.15, 0.2) is 42.9 Å². The van der Waals surface area contributed by atoms with E-state index in [-0.39, 0.29) is 29.8 Å². The van der Waals surface area contributed by atoms with Crippen molar-refractivity contribution in [1.29, 1.82) is 0 Å². The fourth-order valence-corrected chi connectivity index (χ4v) is 5.19. The molecule has 1 fully saturated rings. The number of fused-ring (bicyclic) bond motifs is 1. The summed E-state index contributed by atoms with van der Waals surface area (Å²) in [7, 11) is 1.58. The van der Waals surface area contributed by atoms with Crippen LogP contribution in [0.1, 0.15) is 27.5 Å². The highest BCUT2D eigenvalue weighted by Crippen LogP contribution is 2.32. The zero-order chi connectivity index (χ0) is 23.7. The molecule has 1 saturated heterocycles. The van der Waals surface area contributed by atoms with Gasteiger partial charge >= 0.3 is 0 Å². The molecule has 0 saturated carbocycles. The first-order valence-electron chi connectivity index (χ1n) is 10.8. The predicted octanol–water partition coefficient (Wildman–Crippen LogP) is 2.13. The third kappa shape index (κ3) is 4.34. The van der Waals surface area contributed by atoms with E-state index in [9.17, 15) is 14.4 Å². The van der Waals surface area contributed by atoms with Gasteiger partial charge in [0.15, 0.2) is 5.13 Å². The van der Waals surface area contributed by atoms with Crippen LogP contribution in [0.2, 0.25) is 0 Å². The molecule has 0 bridgehead atoms. The van der Waals surface area contributed by atoms with Crippen LogP contribution in [0, 0.1) is 5.92 Å². The van der Waals surface area contributed by atoms with Crippen molar-refractivity contribution in [2.45, 2.75) is 19.4 Å². The van der Waals surface area contributed by atoms with Crippen LogP contribution in [-0.4, -0.2) is 57.8 Å². The van der Waals surface area contributed by atoms with Gasteiger partial charge in [-0.3, -0.25) is 24.7 Å². The molecule has 10 nitrogen and oxygen atoms in total. The normalized spacial score (nSPS) is 17.4. The first-order chi connectivity index (χ1) is 16.5. The third-order valence-corrected chi connectivity index (χ3v) is 6.90. The highest BCUT2D eigenvalue weighted by atomic mass is 32.1. The Labute approximate surface area is 199 Å². The van der Waals surface area contributed by atoms with Gasteiger partial charge < -0.3 is 14.5 Å². The number of methoxy groups -OCH3 is 1. The summed E-state index contributed by atoms with van der Waals surface area (Å²) in [5.41, 5.74) is 1.81. The summed E-state index contributed by atoms with van der Waals surface area (Å²) in [5, 5.41) is 3.22. The summed E-state index contributed by atoms with van der Waals surface area (Å²) >= 11 is 1.35. The summed E-state index contributed by atoms with van der Waals surface area (Å²) < 4.78 is 5.25. The average molecular weight is 479 g/mol. The van der Waals surface area contributed by atoms with Gasteiger partial charge in [0.2, 0.25) is 11.8 Å². The number of nitrogens with zero attached hydrogens (tertiary/aromatic N) is 5. The molecule has 3 aromatic rings. The standard InChI is InChI=1S/C23H22N6O4S/c1-33-16-4-2-3-15(10-16)29-12-14(9-20(29)30)22(32)28-8-5-17-19(13-28)34-23(26-17)27-21(31)18-11-24-6-7-25-18/h2-4,6-7,10-11,14H,5,8-9,12-13H2,1H3,(H,26,27,31)/t14-/m0/s1. The van der Waals surface area contributed by atoms with Crippen LogP contribution in [-0.2, 0) is 22.6 Å². The molecule has 1 atom stereocenters. The molecule has 2 aliphatic heterocycles. The fraction of sp³-hybridized carbons (Fsp3) is 0.304. The minimum absolute atomic E-state index is 0.0389. The highest BCUT2D eigenvalue weighted by molar-refractivity contribution is 7.15. The molecule has 3 amide bonds. The second-order valence-electron chi connectivity index (χ2n) is 8.05. The molecular formula is C23H22N6O4S. The number of benzene rings is 1. The van der Waals surface area contributed by atoms with Crippen molar-refractivity contribution in [2.24, 2.45) is 5.92 Å².